The first-order valence-electron chi connectivity index (χ1n) is 6.15. The monoisotopic (exact) mass is 250 g/mol. The molecule has 1 heterocycles. The summed E-state index contributed by atoms with van der Waals surface area (Å²) in [6.07, 6.45) is 1.78. The van der Waals surface area contributed by atoms with Gasteiger partial charge in [-0.15, -0.1) is 0 Å². The van der Waals surface area contributed by atoms with Crippen LogP contribution in [0.15, 0.2) is 18.2 Å². The Morgan fingerprint density at radius 1 is 1.39 bits per heavy atom. The number of nitro benzene ring substituents is 1. The van der Waals surface area contributed by atoms with Crippen molar-refractivity contribution in [2.24, 2.45) is 0 Å². The summed E-state index contributed by atoms with van der Waals surface area (Å²) in [7, 11) is 0. The molecule has 0 aromatic heterocycles. The van der Waals surface area contributed by atoms with Crippen molar-refractivity contribution in [2.75, 3.05) is 11.4 Å². The van der Waals surface area contributed by atoms with E-state index in [-0.39, 0.29) is 11.6 Å². The van der Waals surface area contributed by atoms with Crippen molar-refractivity contribution < 1.29 is 9.72 Å². The Balaban J connectivity index is 0.000000771. The second-order valence-corrected chi connectivity index (χ2v) is 3.84. The first-order chi connectivity index (χ1) is 8.59. The summed E-state index contributed by atoms with van der Waals surface area (Å²) in [4.78, 5) is 23.2. The van der Waals surface area contributed by atoms with Crippen molar-refractivity contribution in [1.82, 2.24) is 0 Å². The fourth-order valence-electron chi connectivity index (χ4n) is 2.00. The number of aryl methyl sites for hydroxylation is 1. The van der Waals surface area contributed by atoms with Gasteiger partial charge in [-0.2, -0.15) is 0 Å². The van der Waals surface area contributed by atoms with Crippen LogP contribution < -0.4 is 4.90 Å². The second kappa shape index (κ2) is 6.14. The predicted octanol–water partition coefficient (Wildman–Crippen LogP) is 2.92. The molecule has 0 unspecified atom stereocenters. The normalized spacial score (nSPS) is 13.2. The molecule has 0 aliphatic carbocycles. The number of anilines is 1. The molecule has 1 aromatic carbocycles. The molecule has 0 saturated heterocycles. The molecule has 1 aromatic rings. The third-order valence-corrected chi connectivity index (χ3v) is 2.78. The fraction of sp³-hybridized carbons (Fsp3) is 0.462. The van der Waals surface area contributed by atoms with E-state index in [2.05, 4.69) is 0 Å². The molecule has 1 amide bonds. The summed E-state index contributed by atoms with van der Waals surface area (Å²) in [6, 6.07) is 4.71. The van der Waals surface area contributed by atoms with Crippen molar-refractivity contribution in [3.8, 4) is 0 Å². The quantitative estimate of drug-likeness (QED) is 0.568. The summed E-state index contributed by atoms with van der Waals surface area (Å²) in [6.45, 7) is 6.12. The molecule has 5 nitrogen and oxygen atoms in total. The van der Waals surface area contributed by atoms with Crippen LogP contribution in [0.5, 0.6) is 0 Å². The van der Waals surface area contributed by atoms with Gasteiger partial charge < -0.3 is 4.90 Å². The third kappa shape index (κ3) is 2.85. The Bertz CT molecular complexity index is 458. The largest absolute Gasteiger partial charge is 0.312 e. The van der Waals surface area contributed by atoms with E-state index in [0.29, 0.717) is 12.2 Å². The van der Waals surface area contributed by atoms with Crippen LogP contribution in [0, 0.1) is 10.1 Å². The number of benzene rings is 1. The topological polar surface area (TPSA) is 63.5 Å². The van der Waals surface area contributed by atoms with Crippen LogP contribution in [0.1, 0.15) is 32.8 Å². The van der Waals surface area contributed by atoms with Crippen LogP contribution in [-0.2, 0) is 11.2 Å². The number of carbonyl (C=O) groups is 1. The predicted molar refractivity (Wildman–Crippen MR) is 70.8 cm³/mol. The van der Waals surface area contributed by atoms with Crippen LogP contribution in [0.4, 0.5) is 11.4 Å². The van der Waals surface area contributed by atoms with Gasteiger partial charge in [0.2, 0.25) is 5.91 Å². The summed E-state index contributed by atoms with van der Waals surface area (Å²) in [5.74, 6) is -0.0681. The van der Waals surface area contributed by atoms with Gasteiger partial charge in [0.1, 0.15) is 0 Å². The lowest BCUT2D eigenvalue weighted by Crippen LogP contribution is -2.33. The number of hydrogen-bond acceptors (Lipinski definition) is 3. The van der Waals surface area contributed by atoms with E-state index in [1.807, 2.05) is 13.8 Å². The number of nitrogens with zero attached hydrogens (tertiary/aromatic N) is 2. The molecule has 0 bridgehead atoms. The highest BCUT2D eigenvalue weighted by Gasteiger charge is 2.22. The molecular formula is C13H18N2O3. The van der Waals surface area contributed by atoms with Gasteiger partial charge in [-0.3, -0.25) is 14.9 Å². The Morgan fingerprint density at radius 2 is 2.06 bits per heavy atom. The van der Waals surface area contributed by atoms with Gasteiger partial charge in [-0.1, -0.05) is 19.9 Å². The van der Waals surface area contributed by atoms with Gasteiger partial charge in [-0.25, -0.2) is 0 Å². The molecule has 0 spiro atoms. The van der Waals surface area contributed by atoms with Crippen molar-refractivity contribution in [3.63, 3.8) is 0 Å². The van der Waals surface area contributed by atoms with Gasteiger partial charge in [0, 0.05) is 25.6 Å². The van der Waals surface area contributed by atoms with Crippen molar-refractivity contribution in [3.05, 3.63) is 33.9 Å². The van der Waals surface area contributed by atoms with E-state index < -0.39 is 4.92 Å². The number of hydrogen-bond donors (Lipinski definition) is 0. The van der Waals surface area contributed by atoms with Crippen LogP contribution in [0.3, 0.4) is 0 Å². The van der Waals surface area contributed by atoms with Crippen LogP contribution in [0.25, 0.3) is 0 Å². The number of fused-ring (bicyclic) bond motifs is 1. The first kappa shape index (κ1) is 14.2. The number of nitro groups is 1. The molecule has 0 fully saturated rings. The molecule has 18 heavy (non-hydrogen) atoms. The van der Waals surface area contributed by atoms with E-state index in [1.54, 1.807) is 11.0 Å². The average molecular weight is 250 g/mol. The van der Waals surface area contributed by atoms with E-state index in [1.165, 1.54) is 19.1 Å². The van der Waals surface area contributed by atoms with Crippen molar-refractivity contribution >= 4 is 17.3 Å². The fourth-order valence-corrected chi connectivity index (χ4v) is 2.00. The molecule has 5 heteroatoms. The molecular weight excluding hydrogens is 232 g/mol. The zero-order valence-electron chi connectivity index (χ0n) is 11.0. The highest BCUT2D eigenvalue weighted by molar-refractivity contribution is 5.93. The second-order valence-electron chi connectivity index (χ2n) is 3.84. The maximum atomic E-state index is 11.4. The number of rotatable bonds is 1. The van der Waals surface area contributed by atoms with Crippen LogP contribution >= 0.6 is 0 Å². The zero-order valence-corrected chi connectivity index (χ0v) is 11.0. The Hall–Kier alpha value is -1.91. The minimum Gasteiger partial charge on any atom is -0.312 e. The van der Waals surface area contributed by atoms with E-state index in [0.717, 1.165) is 18.4 Å². The van der Waals surface area contributed by atoms with Gasteiger partial charge in [-0.05, 0) is 18.4 Å². The summed E-state index contributed by atoms with van der Waals surface area (Å²) in [5, 5.41) is 10.7. The summed E-state index contributed by atoms with van der Waals surface area (Å²) in [5.41, 5.74) is 1.73. The first-order valence-corrected chi connectivity index (χ1v) is 6.15. The van der Waals surface area contributed by atoms with E-state index in [4.69, 9.17) is 0 Å². The Kier molecular flexibility index (Phi) is 4.83. The minimum absolute atomic E-state index is 0.0342. The van der Waals surface area contributed by atoms with Gasteiger partial charge in [0.25, 0.3) is 5.69 Å². The van der Waals surface area contributed by atoms with Crippen molar-refractivity contribution in [1.29, 1.82) is 0 Å². The molecule has 2 rings (SSSR count). The Morgan fingerprint density at radius 3 is 2.61 bits per heavy atom. The van der Waals surface area contributed by atoms with Gasteiger partial charge in [0.15, 0.2) is 0 Å². The molecule has 0 N–H and O–H groups in total. The van der Waals surface area contributed by atoms with Gasteiger partial charge >= 0.3 is 0 Å². The highest BCUT2D eigenvalue weighted by Crippen LogP contribution is 2.30. The van der Waals surface area contributed by atoms with E-state index in [9.17, 15) is 14.9 Å². The number of carbonyl (C=O) groups excluding carboxylic acids is 1. The SMILES string of the molecule is CC.CC(=O)N1CCCc2ccc([N+](=O)[O-])cc21. The molecule has 1 aliphatic rings. The third-order valence-electron chi connectivity index (χ3n) is 2.78. The molecule has 0 radical (unpaired) electrons. The lowest BCUT2D eigenvalue weighted by molar-refractivity contribution is -0.384. The van der Waals surface area contributed by atoms with Crippen molar-refractivity contribution in [2.45, 2.75) is 33.6 Å². The lowest BCUT2D eigenvalue weighted by atomic mass is 10.0. The zero-order chi connectivity index (χ0) is 13.7. The van der Waals surface area contributed by atoms with E-state index >= 15 is 0 Å². The lowest BCUT2D eigenvalue weighted by Gasteiger charge is -2.28. The Labute approximate surface area is 107 Å². The molecule has 0 saturated carbocycles. The minimum atomic E-state index is -0.437. The molecule has 1 aliphatic heterocycles. The number of amides is 1. The maximum absolute atomic E-state index is 11.4. The maximum Gasteiger partial charge on any atom is 0.271 e. The van der Waals surface area contributed by atoms with Crippen LogP contribution in [-0.4, -0.2) is 17.4 Å². The average Bonchev–Trinajstić information content (AvgIpc) is 2.39. The molecule has 0 atom stereocenters. The van der Waals surface area contributed by atoms with Crippen LogP contribution in [0.2, 0.25) is 0 Å². The summed E-state index contributed by atoms with van der Waals surface area (Å²) >= 11 is 0. The number of non-ortho nitro benzene ring substituents is 1. The highest BCUT2D eigenvalue weighted by atomic mass is 16.6. The molecule has 98 valence electrons. The smallest absolute Gasteiger partial charge is 0.271 e. The van der Waals surface area contributed by atoms with Gasteiger partial charge in [0.05, 0.1) is 10.6 Å². The standard InChI is InChI=1S/C11H12N2O3.C2H6/c1-8(14)12-6-2-3-9-4-5-10(13(15)16)7-11(9)12;1-2/h4-5,7H,2-3,6H2,1H3;1-2H3. The summed E-state index contributed by atoms with van der Waals surface area (Å²) < 4.78 is 0.